The molecule has 0 aliphatic carbocycles. The molecule has 0 unspecified atom stereocenters. The van der Waals surface area contributed by atoms with Crippen LogP contribution in [0.1, 0.15) is 21.6 Å². The number of nitriles is 1. The van der Waals surface area contributed by atoms with Gasteiger partial charge < -0.3 is 9.88 Å². The zero-order chi connectivity index (χ0) is 17.9. The molecule has 2 aromatic carbocycles. The Morgan fingerprint density at radius 3 is 2.58 bits per heavy atom. The van der Waals surface area contributed by atoms with Crippen molar-refractivity contribution in [2.24, 2.45) is 0 Å². The van der Waals surface area contributed by atoms with Gasteiger partial charge in [0.25, 0.3) is 5.91 Å². The Labute approximate surface area is 154 Å². The minimum absolute atomic E-state index is 0.158. The van der Waals surface area contributed by atoms with Crippen LogP contribution >= 0.6 is 11.3 Å². The Hall–Kier alpha value is -3.36. The highest BCUT2D eigenvalue weighted by atomic mass is 32.1. The highest BCUT2D eigenvalue weighted by Gasteiger charge is 2.17. The van der Waals surface area contributed by atoms with E-state index in [9.17, 15) is 4.79 Å². The molecule has 0 saturated heterocycles. The van der Waals surface area contributed by atoms with Crippen molar-refractivity contribution < 1.29 is 4.79 Å². The Bertz CT molecular complexity index is 1100. The third-order valence-electron chi connectivity index (χ3n) is 4.21. The molecule has 4 rings (SSSR count). The lowest BCUT2D eigenvalue weighted by Gasteiger charge is -2.11. The first kappa shape index (κ1) is 16.1. The van der Waals surface area contributed by atoms with E-state index in [0.717, 1.165) is 15.8 Å². The first-order valence-electron chi connectivity index (χ1n) is 8.17. The van der Waals surface area contributed by atoms with E-state index in [2.05, 4.69) is 23.5 Å². The number of aromatic nitrogens is 1. The van der Waals surface area contributed by atoms with E-state index >= 15 is 0 Å². The van der Waals surface area contributed by atoms with E-state index in [1.165, 1.54) is 0 Å². The second kappa shape index (κ2) is 6.87. The summed E-state index contributed by atoms with van der Waals surface area (Å²) in [5.74, 6) is -0.158. The smallest absolute Gasteiger partial charge is 0.272 e. The number of nitrogens with zero attached hydrogens (tertiary/aromatic N) is 2. The largest absolute Gasteiger partial charge is 0.331 e. The number of nitrogens with one attached hydrogen (secondary N) is 1. The van der Waals surface area contributed by atoms with E-state index in [-0.39, 0.29) is 5.91 Å². The molecule has 0 aliphatic rings. The Kier molecular flexibility index (Phi) is 4.26. The minimum Gasteiger partial charge on any atom is -0.331 e. The fourth-order valence-corrected chi connectivity index (χ4v) is 3.75. The van der Waals surface area contributed by atoms with Crippen molar-refractivity contribution in [1.82, 2.24) is 4.57 Å². The number of hydrogen-bond donors (Lipinski definition) is 1. The summed E-state index contributed by atoms with van der Waals surface area (Å²) in [7, 11) is 0. The molecule has 0 spiro atoms. The summed E-state index contributed by atoms with van der Waals surface area (Å²) in [4.78, 5) is 12.9. The van der Waals surface area contributed by atoms with Crippen molar-refractivity contribution in [3.63, 3.8) is 0 Å². The quantitative estimate of drug-likeness (QED) is 0.566. The molecule has 0 atom stereocenters. The topological polar surface area (TPSA) is 57.8 Å². The number of anilines is 1. The van der Waals surface area contributed by atoms with Crippen LogP contribution in [0.2, 0.25) is 0 Å². The van der Waals surface area contributed by atoms with Crippen LogP contribution in [0.3, 0.4) is 0 Å². The maximum absolute atomic E-state index is 12.9. The fourth-order valence-electron chi connectivity index (χ4n) is 2.92. The van der Waals surface area contributed by atoms with Gasteiger partial charge in [-0.15, -0.1) is 11.3 Å². The standard InChI is InChI=1S/C21H15N3OS/c22-13-15-6-8-17(9-7-15)23-21(25)19-12-20-18(10-11-26-20)24(19)14-16-4-2-1-3-5-16/h1-12H,14H2,(H,23,25). The van der Waals surface area contributed by atoms with Crippen LogP contribution in [0.15, 0.2) is 72.1 Å². The normalized spacial score (nSPS) is 10.6. The molecule has 0 fully saturated rings. The molecule has 26 heavy (non-hydrogen) atoms. The Morgan fingerprint density at radius 1 is 1.08 bits per heavy atom. The molecular formula is C21H15N3OS. The van der Waals surface area contributed by atoms with Gasteiger partial charge in [0.15, 0.2) is 0 Å². The molecule has 2 aromatic heterocycles. The number of amides is 1. The van der Waals surface area contributed by atoms with Crippen LogP contribution in [-0.2, 0) is 6.54 Å². The summed E-state index contributed by atoms with van der Waals surface area (Å²) in [6.07, 6.45) is 0. The summed E-state index contributed by atoms with van der Waals surface area (Å²) in [5.41, 5.74) is 4.06. The number of carbonyl (C=O) groups excluding carboxylic acids is 1. The maximum atomic E-state index is 12.9. The number of thiophene rings is 1. The average Bonchev–Trinajstić information content (AvgIpc) is 3.26. The van der Waals surface area contributed by atoms with Gasteiger partial charge in [-0.05, 0) is 47.3 Å². The number of carbonyl (C=O) groups is 1. The van der Waals surface area contributed by atoms with E-state index < -0.39 is 0 Å². The summed E-state index contributed by atoms with van der Waals surface area (Å²) in [6, 6.07) is 23.0. The zero-order valence-electron chi connectivity index (χ0n) is 13.8. The lowest BCUT2D eigenvalue weighted by molar-refractivity contribution is 0.101. The van der Waals surface area contributed by atoms with Gasteiger partial charge in [0.2, 0.25) is 0 Å². The van der Waals surface area contributed by atoms with Crippen LogP contribution in [-0.4, -0.2) is 10.5 Å². The van der Waals surface area contributed by atoms with Crippen molar-refractivity contribution in [1.29, 1.82) is 5.26 Å². The van der Waals surface area contributed by atoms with E-state index in [0.29, 0.717) is 23.5 Å². The number of hydrogen-bond acceptors (Lipinski definition) is 3. The van der Waals surface area contributed by atoms with E-state index in [1.807, 2.05) is 40.3 Å². The molecule has 1 amide bonds. The van der Waals surface area contributed by atoms with Crippen LogP contribution in [0.25, 0.3) is 10.2 Å². The molecule has 0 saturated carbocycles. The molecular weight excluding hydrogens is 342 g/mol. The van der Waals surface area contributed by atoms with Crippen LogP contribution < -0.4 is 5.32 Å². The molecule has 4 nitrogen and oxygen atoms in total. The summed E-state index contributed by atoms with van der Waals surface area (Å²) in [5, 5.41) is 13.8. The number of fused-ring (bicyclic) bond motifs is 1. The van der Waals surface area contributed by atoms with Crippen molar-refractivity contribution in [2.75, 3.05) is 5.32 Å². The first-order valence-corrected chi connectivity index (χ1v) is 9.05. The monoisotopic (exact) mass is 357 g/mol. The van der Waals surface area contributed by atoms with Crippen molar-refractivity contribution in [2.45, 2.75) is 6.54 Å². The molecule has 0 aliphatic heterocycles. The summed E-state index contributed by atoms with van der Waals surface area (Å²) in [6.45, 7) is 0.636. The highest BCUT2D eigenvalue weighted by molar-refractivity contribution is 7.17. The van der Waals surface area contributed by atoms with Gasteiger partial charge in [-0.1, -0.05) is 30.3 Å². The third-order valence-corrected chi connectivity index (χ3v) is 5.06. The molecule has 1 N–H and O–H groups in total. The van der Waals surface area contributed by atoms with Gasteiger partial charge in [-0.3, -0.25) is 4.79 Å². The minimum atomic E-state index is -0.158. The lowest BCUT2D eigenvalue weighted by atomic mass is 10.2. The van der Waals surface area contributed by atoms with E-state index in [4.69, 9.17) is 5.26 Å². The third kappa shape index (κ3) is 3.10. The zero-order valence-corrected chi connectivity index (χ0v) is 14.7. The Morgan fingerprint density at radius 2 is 1.85 bits per heavy atom. The predicted octanol–water partition coefficient (Wildman–Crippen LogP) is 4.88. The maximum Gasteiger partial charge on any atom is 0.272 e. The second-order valence-corrected chi connectivity index (χ2v) is 6.86. The molecule has 0 radical (unpaired) electrons. The average molecular weight is 357 g/mol. The molecule has 4 aromatic rings. The molecule has 2 heterocycles. The molecule has 126 valence electrons. The SMILES string of the molecule is N#Cc1ccc(NC(=O)c2cc3sccc3n2Cc2ccccc2)cc1. The van der Waals surface area contributed by atoms with Gasteiger partial charge in [-0.2, -0.15) is 5.26 Å². The van der Waals surface area contributed by atoms with Gasteiger partial charge in [0, 0.05) is 12.2 Å². The lowest BCUT2D eigenvalue weighted by Crippen LogP contribution is -2.17. The number of benzene rings is 2. The van der Waals surface area contributed by atoms with Crippen molar-refractivity contribution in [3.05, 3.63) is 88.9 Å². The van der Waals surface area contributed by atoms with Crippen LogP contribution in [0.4, 0.5) is 5.69 Å². The molecule has 5 heteroatoms. The van der Waals surface area contributed by atoms with Gasteiger partial charge in [0.1, 0.15) is 5.69 Å². The second-order valence-electron chi connectivity index (χ2n) is 5.91. The molecule has 0 bridgehead atoms. The van der Waals surface area contributed by atoms with Gasteiger partial charge >= 0.3 is 0 Å². The van der Waals surface area contributed by atoms with Crippen molar-refractivity contribution in [3.8, 4) is 6.07 Å². The Balaban J connectivity index is 1.66. The summed E-state index contributed by atoms with van der Waals surface area (Å²) >= 11 is 1.62. The first-order chi connectivity index (χ1) is 12.7. The number of rotatable bonds is 4. The van der Waals surface area contributed by atoms with Crippen molar-refractivity contribution >= 4 is 33.1 Å². The highest BCUT2D eigenvalue weighted by Crippen LogP contribution is 2.27. The predicted molar refractivity (Wildman–Crippen MR) is 104 cm³/mol. The van der Waals surface area contributed by atoms with E-state index in [1.54, 1.807) is 35.6 Å². The van der Waals surface area contributed by atoms with Gasteiger partial charge in [0.05, 0.1) is 21.8 Å². The fraction of sp³-hybridized carbons (Fsp3) is 0.0476. The summed E-state index contributed by atoms with van der Waals surface area (Å²) < 4.78 is 3.13. The van der Waals surface area contributed by atoms with Gasteiger partial charge in [-0.25, -0.2) is 0 Å². The van der Waals surface area contributed by atoms with Crippen LogP contribution in [0.5, 0.6) is 0 Å². The van der Waals surface area contributed by atoms with Crippen LogP contribution in [0, 0.1) is 11.3 Å².